The summed E-state index contributed by atoms with van der Waals surface area (Å²) in [7, 11) is 1.32. The number of fused-ring (bicyclic) bond motifs is 4. The number of oxazole rings is 1. The highest BCUT2D eigenvalue weighted by molar-refractivity contribution is 5.92. The number of carbonyl (C=O) groups is 2. The zero-order chi connectivity index (χ0) is 28.5. The molecule has 4 aromatic rings. The lowest BCUT2D eigenvalue weighted by Crippen LogP contribution is -2.45. The molecule has 0 saturated heterocycles. The average molecular weight is 551 g/mol. The Kier molecular flexibility index (Phi) is 5.69. The third-order valence-electron chi connectivity index (χ3n) is 8.36. The largest absolute Gasteiger partial charge is 0.469 e. The number of amides is 1. The topological polar surface area (TPSA) is 129 Å². The van der Waals surface area contributed by atoms with Crippen molar-refractivity contribution in [3.05, 3.63) is 101 Å². The number of nitrogens with zero attached hydrogens (tertiary/aromatic N) is 1. The van der Waals surface area contributed by atoms with E-state index in [2.05, 4.69) is 33.8 Å². The van der Waals surface area contributed by atoms with Gasteiger partial charge in [-0.25, -0.2) is 9.78 Å². The second-order valence-electron chi connectivity index (χ2n) is 11.1. The number of methoxy groups -OCH3 is 1. The molecule has 1 amide bonds. The van der Waals surface area contributed by atoms with Crippen LogP contribution in [0, 0.1) is 5.92 Å². The maximum absolute atomic E-state index is 13.3. The Morgan fingerprint density at radius 3 is 2.63 bits per heavy atom. The molecule has 3 aliphatic rings. The Bertz CT molecular complexity index is 1700. The zero-order valence-corrected chi connectivity index (χ0v) is 22.9. The number of rotatable bonds is 3. The van der Waals surface area contributed by atoms with Crippen LogP contribution in [0.1, 0.15) is 58.7 Å². The summed E-state index contributed by atoms with van der Waals surface area (Å²) in [6.07, 6.45) is -0.314. The van der Waals surface area contributed by atoms with Crippen molar-refractivity contribution in [1.82, 2.24) is 10.3 Å². The second-order valence-corrected chi connectivity index (χ2v) is 11.1. The molecule has 4 atom stereocenters. The maximum Gasteiger partial charge on any atom is 0.360 e. The molecular weight excluding hydrogens is 520 g/mol. The van der Waals surface area contributed by atoms with Crippen LogP contribution >= 0.6 is 0 Å². The fourth-order valence-electron chi connectivity index (χ4n) is 6.38. The summed E-state index contributed by atoms with van der Waals surface area (Å²) in [6.45, 7) is 3.89. The molecule has 1 aromatic heterocycles. The molecule has 2 unspecified atom stereocenters. The Morgan fingerprint density at radius 2 is 1.88 bits per heavy atom. The second kappa shape index (κ2) is 9.21. The molecule has 9 nitrogen and oxygen atoms in total. The molecule has 0 fully saturated rings. The van der Waals surface area contributed by atoms with Gasteiger partial charge in [0.25, 0.3) is 0 Å². The first-order valence-electron chi connectivity index (χ1n) is 13.7. The molecule has 0 radical (unpaired) electrons. The van der Waals surface area contributed by atoms with Crippen LogP contribution in [0.4, 0.5) is 5.69 Å². The summed E-state index contributed by atoms with van der Waals surface area (Å²) in [5.74, 6) is 0.0927. The van der Waals surface area contributed by atoms with Gasteiger partial charge < -0.3 is 30.3 Å². The SMILES string of the molecule is COC(=O)c1nc2oc1C13c4cc(ccc4O[C@@H]1Nc1c(-c4ccccc4)cccc13)CC(N)C(=O)N[C@H]2C(C)C. The molecule has 3 aliphatic heterocycles. The quantitative estimate of drug-likeness (QED) is 0.322. The van der Waals surface area contributed by atoms with Gasteiger partial charge in [-0.15, -0.1) is 0 Å². The van der Waals surface area contributed by atoms with Crippen LogP contribution < -0.4 is 21.1 Å². The van der Waals surface area contributed by atoms with E-state index >= 15 is 0 Å². The Hall–Kier alpha value is -4.63. The van der Waals surface area contributed by atoms with Crippen molar-refractivity contribution in [2.45, 2.75) is 44.0 Å². The molecule has 4 N–H and O–H groups in total. The Morgan fingerprint density at radius 1 is 1.07 bits per heavy atom. The lowest BCUT2D eigenvalue weighted by atomic mass is 9.72. The lowest BCUT2D eigenvalue weighted by Gasteiger charge is -2.28. The van der Waals surface area contributed by atoms with E-state index in [1.807, 2.05) is 62.4 Å². The van der Waals surface area contributed by atoms with E-state index in [-0.39, 0.29) is 23.4 Å². The molecule has 4 bridgehead atoms. The number of anilines is 1. The first kappa shape index (κ1) is 25.3. The summed E-state index contributed by atoms with van der Waals surface area (Å²) in [5, 5.41) is 6.62. The summed E-state index contributed by atoms with van der Waals surface area (Å²) in [4.78, 5) is 31.2. The van der Waals surface area contributed by atoms with Crippen LogP contribution in [-0.2, 0) is 21.4 Å². The van der Waals surface area contributed by atoms with Crippen molar-refractivity contribution in [3.63, 3.8) is 0 Å². The lowest BCUT2D eigenvalue weighted by molar-refractivity contribution is -0.123. The van der Waals surface area contributed by atoms with E-state index in [0.29, 0.717) is 17.9 Å². The maximum atomic E-state index is 13.3. The number of hydrogen-bond donors (Lipinski definition) is 3. The van der Waals surface area contributed by atoms with Crippen molar-refractivity contribution in [3.8, 4) is 16.9 Å². The molecule has 3 aromatic carbocycles. The predicted molar refractivity (Wildman–Crippen MR) is 151 cm³/mol. The summed E-state index contributed by atoms with van der Waals surface area (Å²) < 4.78 is 18.4. The van der Waals surface area contributed by atoms with Gasteiger partial charge in [0.05, 0.1) is 13.2 Å². The van der Waals surface area contributed by atoms with Crippen molar-refractivity contribution in [2.75, 3.05) is 12.4 Å². The molecule has 9 heteroatoms. The number of nitrogens with one attached hydrogen (secondary N) is 2. The molecule has 1 spiro atoms. The Labute approximate surface area is 237 Å². The van der Waals surface area contributed by atoms with Gasteiger partial charge in [-0.05, 0) is 29.5 Å². The van der Waals surface area contributed by atoms with Crippen LogP contribution in [0.15, 0.2) is 71.1 Å². The molecule has 0 aliphatic carbocycles. The zero-order valence-electron chi connectivity index (χ0n) is 22.9. The molecule has 208 valence electrons. The van der Waals surface area contributed by atoms with E-state index in [1.165, 1.54) is 7.11 Å². The number of benzene rings is 3. The van der Waals surface area contributed by atoms with Gasteiger partial charge in [0.1, 0.15) is 17.2 Å². The number of hydrogen-bond acceptors (Lipinski definition) is 8. The first-order valence-corrected chi connectivity index (χ1v) is 13.7. The number of ether oxygens (including phenoxy) is 2. The smallest absolute Gasteiger partial charge is 0.360 e. The summed E-state index contributed by atoms with van der Waals surface area (Å²) in [6, 6.07) is 20.6. The molecule has 0 saturated carbocycles. The summed E-state index contributed by atoms with van der Waals surface area (Å²) in [5.41, 5.74) is 10.8. The molecule has 4 heterocycles. The fraction of sp³-hybridized carbons (Fsp3) is 0.281. The highest BCUT2D eigenvalue weighted by atomic mass is 16.5. The average Bonchev–Trinajstić information content (AvgIpc) is 3.64. The number of esters is 1. The number of aromatic nitrogens is 1. The van der Waals surface area contributed by atoms with Gasteiger partial charge in [-0.1, -0.05) is 74.5 Å². The number of carbonyl (C=O) groups excluding carboxylic acids is 2. The third kappa shape index (κ3) is 3.62. The van der Waals surface area contributed by atoms with E-state index < -0.39 is 29.7 Å². The minimum Gasteiger partial charge on any atom is -0.469 e. The molecule has 7 rings (SSSR count). The fourth-order valence-corrected chi connectivity index (χ4v) is 6.38. The van der Waals surface area contributed by atoms with Crippen molar-refractivity contribution < 1.29 is 23.5 Å². The molecular formula is C32H30N4O5. The van der Waals surface area contributed by atoms with Crippen molar-refractivity contribution >= 4 is 17.6 Å². The number of para-hydroxylation sites is 1. The van der Waals surface area contributed by atoms with E-state index in [4.69, 9.17) is 19.6 Å². The highest BCUT2D eigenvalue weighted by Gasteiger charge is 2.61. The predicted octanol–water partition coefficient (Wildman–Crippen LogP) is 4.30. The van der Waals surface area contributed by atoms with E-state index in [9.17, 15) is 9.59 Å². The van der Waals surface area contributed by atoms with Crippen molar-refractivity contribution in [2.24, 2.45) is 11.7 Å². The first-order chi connectivity index (χ1) is 19.8. The van der Waals surface area contributed by atoms with Gasteiger partial charge in [-0.2, -0.15) is 0 Å². The molecule has 41 heavy (non-hydrogen) atoms. The van der Waals surface area contributed by atoms with Gasteiger partial charge >= 0.3 is 5.97 Å². The van der Waals surface area contributed by atoms with Crippen LogP contribution in [0.25, 0.3) is 11.1 Å². The highest BCUT2D eigenvalue weighted by Crippen LogP contribution is 2.60. The van der Waals surface area contributed by atoms with Crippen LogP contribution in [-0.4, -0.2) is 36.2 Å². The van der Waals surface area contributed by atoms with Gasteiger partial charge in [-0.3, -0.25) is 4.79 Å². The van der Waals surface area contributed by atoms with E-state index in [1.54, 1.807) is 0 Å². The van der Waals surface area contributed by atoms with Crippen LogP contribution in [0.3, 0.4) is 0 Å². The van der Waals surface area contributed by atoms with E-state index in [0.717, 1.165) is 33.5 Å². The monoisotopic (exact) mass is 550 g/mol. The normalized spacial score (nSPS) is 23.8. The van der Waals surface area contributed by atoms with Crippen molar-refractivity contribution in [1.29, 1.82) is 0 Å². The number of nitrogens with two attached hydrogens (primary N) is 1. The minimum absolute atomic E-state index is 0.0394. The third-order valence-corrected chi connectivity index (χ3v) is 8.36. The van der Waals surface area contributed by atoms with Gasteiger partial charge in [0.2, 0.25) is 11.8 Å². The standard InChI is InChI=1S/C32H30N4O5/c1-16(2)24-29-35-26(30(38)39-3)27(41-29)32-20-11-7-10-19(18-8-5-4-6-9-18)25(20)36-31(32)40-23-13-12-17(14-21(23)32)15-22(33)28(37)34-24/h4-14,16,22,24,31,36H,15,33H2,1-3H3,(H,34,37)/t22?,24-,31-,32?/m0/s1. The Balaban J connectivity index is 1.57. The minimum atomic E-state index is -1.07. The van der Waals surface area contributed by atoms with Crippen LogP contribution in [0.2, 0.25) is 0 Å². The van der Waals surface area contributed by atoms with Gasteiger partial charge in [0.15, 0.2) is 17.7 Å². The van der Waals surface area contributed by atoms with Crippen LogP contribution in [0.5, 0.6) is 5.75 Å². The van der Waals surface area contributed by atoms with Gasteiger partial charge in [0, 0.05) is 22.4 Å². The summed E-state index contributed by atoms with van der Waals surface area (Å²) >= 11 is 0.